The van der Waals surface area contributed by atoms with Crippen molar-refractivity contribution in [3.05, 3.63) is 29.3 Å². The third-order valence-electron chi connectivity index (χ3n) is 2.84. The molecular formula is C12H13NO5. The van der Waals surface area contributed by atoms with Crippen LogP contribution in [-0.4, -0.2) is 48.5 Å². The van der Waals surface area contributed by atoms with Crippen molar-refractivity contribution in [1.29, 1.82) is 0 Å². The van der Waals surface area contributed by atoms with E-state index in [1.807, 2.05) is 4.90 Å². The van der Waals surface area contributed by atoms with E-state index in [0.29, 0.717) is 32.0 Å². The van der Waals surface area contributed by atoms with Gasteiger partial charge in [-0.15, -0.1) is 0 Å². The summed E-state index contributed by atoms with van der Waals surface area (Å²) >= 11 is 0. The molecule has 0 saturated carbocycles. The summed E-state index contributed by atoms with van der Waals surface area (Å²) in [5.74, 6) is -2.47. The summed E-state index contributed by atoms with van der Waals surface area (Å²) in [7, 11) is 0. The largest absolute Gasteiger partial charge is 0.478 e. The number of carboxylic acid groups (broad SMARTS) is 2. The van der Waals surface area contributed by atoms with Crippen LogP contribution in [0.25, 0.3) is 0 Å². The van der Waals surface area contributed by atoms with Crippen molar-refractivity contribution in [3.8, 4) is 0 Å². The Labute approximate surface area is 103 Å². The molecular weight excluding hydrogens is 238 g/mol. The van der Waals surface area contributed by atoms with Gasteiger partial charge in [0.2, 0.25) is 0 Å². The molecule has 1 saturated heterocycles. The molecule has 0 aromatic heterocycles. The fraction of sp³-hybridized carbons (Fsp3) is 0.333. The minimum Gasteiger partial charge on any atom is -0.478 e. The maximum Gasteiger partial charge on any atom is 0.336 e. The highest BCUT2D eigenvalue weighted by molar-refractivity contribution is 6.02. The van der Waals surface area contributed by atoms with Crippen molar-refractivity contribution in [2.45, 2.75) is 0 Å². The van der Waals surface area contributed by atoms with Gasteiger partial charge in [0.25, 0.3) is 0 Å². The number of rotatable bonds is 3. The second-order valence-electron chi connectivity index (χ2n) is 3.94. The van der Waals surface area contributed by atoms with Crippen molar-refractivity contribution in [2.75, 3.05) is 31.2 Å². The highest BCUT2D eigenvalue weighted by atomic mass is 16.5. The van der Waals surface area contributed by atoms with E-state index in [4.69, 9.17) is 14.9 Å². The van der Waals surface area contributed by atoms with Crippen molar-refractivity contribution >= 4 is 17.6 Å². The molecule has 1 aliphatic heterocycles. The number of nitrogens with zero attached hydrogens (tertiary/aromatic N) is 1. The molecule has 2 rings (SSSR count). The SMILES string of the molecule is O=C(O)c1ccc(N2CCOCC2)cc1C(=O)O. The smallest absolute Gasteiger partial charge is 0.336 e. The van der Waals surface area contributed by atoms with Crippen LogP contribution in [0, 0.1) is 0 Å². The molecule has 1 heterocycles. The predicted octanol–water partition coefficient (Wildman–Crippen LogP) is 0.920. The highest BCUT2D eigenvalue weighted by Gasteiger charge is 2.19. The number of hydrogen-bond donors (Lipinski definition) is 2. The average molecular weight is 251 g/mol. The number of benzene rings is 1. The fourth-order valence-electron chi connectivity index (χ4n) is 1.91. The van der Waals surface area contributed by atoms with Crippen molar-refractivity contribution in [1.82, 2.24) is 0 Å². The fourth-order valence-corrected chi connectivity index (χ4v) is 1.91. The molecule has 96 valence electrons. The number of aromatic carboxylic acids is 2. The Morgan fingerprint density at radius 2 is 1.67 bits per heavy atom. The molecule has 6 nitrogen and oxygen atoms in total. The zero-order chi connectivity index (χ0) is 13.1. The maximum absolute atomic E-state index is 11.1. The molecule has 2 N–H and O–H groups in total. The Morgan fingerprint density at radius 3 is 2.22 bits per heavy atom. The zero-order valence-electron chi connectivity index (χ0n) is 9.63. The molecule has 0 amide bonds. The third-order valence-corrected chi connectivity index (χ3v) is 2.84. The second kappa shape index (κ2) is 5.05. The van der Waals surface area contributed by atoms with Crippen LogP contribution < -0.4 is 4.90 Å². The van der Waals surface area contributed by atoms with Crippen LogP contribution in [0.15, 0.2) is 18.2 Å². The molecule has 0 spiro atoms. The van der Waals surface area contributed by atoms with Gasteiger partial charge in [-0.05, 0) is 18.2 Å². The Balaban J connectivity index is 2.36. The lowest BCUT2D eigenvalue weighted by atomic mass is 10.1. The first-order valence-corrected chi connectivity index (χ1v) is 5.53. The monoisotopic (exact) mass is 251 g/mol. The van der Waals surface area contributed by atoms with E-state index in [2.05, 4.69) is 0 Å². The Hall–Kier alpha value is -2.08. The Kier molecular flexibility index (Phi) is 3.47. The van der Waals surface area contributed by atoms with Gasteiger partial charge in [-0.1, -0.05) is 0 Å². The van der Waals surface area contributed by atoms with E-state index in [1.54, 1.807) is 6.07 Å². The minimum atomic E-state index is -1.24. The standard InChI is InChI=1S/C12H13NO5/c14-11(15)9-2-1-8(7-10(9)12(16)17)13-3-5-18-6-4-13/h1-2,7H,3-6H2,(H,14,15)(H,16,17). The quantitative estimate of drug-likeness (QED) is 0.830. The topological polar surface area (TPSA) is 87.1 Å². The minimum absolute atomic E-state index is 0.188. The van der Waals surface area contributed by atoms with Gasteiger partial charge >= 0.3 is 11.9 Å². The van der Waals surface area contributed by atoms with Gasteiger partial charge in [-0.3, -0.25) is 0 Å². The van der Waals surface area contributed by atoms with Gasteiger partial charge in [0.15, 0.2) is 0 Å². The van der Waals surface area contributed by atoms with Gasteiger partial charge in [0.1, 0.15) is 0 Å². The lowest BCUT2D eigenvalue weighted by molar-refractivity contribution is 0.0651. The molecule has 1 aliphatic rings. The summed E-state index contributed by atoms with van der Waals surface area (Å²) in [5.41, 5.74) is 0.326. The summed E-state index contributed by atoms with van der Waals surface area (Å²) < 4.78 is 5.21. The molecule has 0 bridgehead atoms. The number of carbonyl (C=O) groups is 2. The van der Waals surface area contributed by atoms with Crippen LogP contribution in [0.1, 0.15) is 20.7 Å². The molecule has 0 atom stereocenters. The summed E-state index contributed by atoms with van der Waals surface area (Å²) in [6.45, 7) is 2.52. The number of morpholine rings is 1. The molecule has 1 fully saturated rings. The van der Waals surface area contributed by atoms with Crippen molar-refractivity contribution in [3.63, 3.8) is 0 Å². The number of anilines is 1. The third kappa shape index (κ3) is 2.43. The second-order valence-corrected chi connectivity index (χ2v) is 3.94. The average Bonchev–Trinajstić information content (AvgIpc) is 2.39. The van der Waals surface area contributed by atoms with Crippen LogP contribution in [-0.2, 0) is 4.74 Å². The molecule has 0 radical (unpaired) electrons. The molecule has 0 unspecified atom stereocenters. The van der Waals surface area contributed by atoms with E-state index in [1.165, 1.54) is 12.1 Å². The summed E-state index contributed by atoms with van der Waals surface area (Å²) in [4.78, 5) is 23.9. The van der Waals surface area contributed by atoms with Gasteiger partial charge < -0.3 is 19.8 Å². The van der Waals surface area contributed by atoms with Gasteiger partial charge in [0, 0.05) is 18.8 Å². The first-order chi connectivity index (χ1) is 8.59. The molecule has 18 heavy (non-hydrogen) atoms. The number of hydrogen-bond acceptors (Lipinski definition) is 4. The molecule has 0 aliphatic carbocycles. The summed E-state index contributed by atoms with van der Waals surface area (Å²) in [6, 6.07) is 4.36. The van der Waals surface area contributed by atoms with Crippen LogP contribution in [0.4, 0.5) is 5.69 Å². The van der Waals surface area contributed by atoms with Gasteiger partial charge in [-0.2, -0.15) is 0 Å². The Morgan fingerprint density at radius 1 is 1.06 bits per heavy atom. The molecule has 1 aromatic rings. The van der Waals surface area contributed by atoms with Crippen LogP contribution in [0.2, 0.25) is 0 Å². The van der Waals surface area contributed by atoms with Gasteiger partial charge in [-0.25, -0.2) is 9.59 Å². The summed E-state index contributed by atoms with van der Waals surface area (Å²) in [5, 5.41) is 17.9. The molecule has 6 heteroatoms. The Bertz CT molecular complexity index is 479. The normalized spacial score (nSPS) is 15.4. The number of ether oxygens (including phenoxy) is 1. The van der Waals surface area contributed by atoms with E-state index in [-0.39, 0.29) is 11.1 Å². The van der Waals surface area contributed by atoms with E-state index in [9.17, 15) is 9.59 Å². The number of carboxylic acids is 2. The summed E-state index contributed by atoms with van der Waals surface area (Å²) in [6.07, 6.45) is 0. The zero-order valence-corrected chi connectivity index (χ0v) is 9.63. The first kappa shape index (κ1) is 12.4. The van der Waals surface area contributed by atoms with Crippen LogP contribution in [0.5, 0.6) is 0 Å². The first-order valence-electron chi connectivity index (χ1n) is 5.53. The predicted molar refractivity (Wildman–Crippen MR) is 63.4 cm³/mol. The van der Waals surface area contributed by atoms with Crippen molar-refractivity contribution < 1.29 is 24.5 Å². The van der Waals surface area contributed by atoms with E-state index in [0.717, 1.165) is 0 Å². The van der Waals surface area contributed by atoms with Gasteiger partial charge in [0.05, 0.1) is 24.3 Å². The maximum atomic E-state index is 11.1. The lowest BCUT2D eigenvalue weighted by Crippen LogP contribution is -2.36. The van der Waals surface area contributed by atoms with Crippen LogP contribution >= 0.6 is 0 Å². The van der Waals surface area contributed by atoms with Crippen molar-refractivity contribution in [2.24, 2.45) is 0 Å². The molecule has 1 aromatic carbocycles. The lowest BCUT2D eigenvalue weighted by Gasteiger charge is -2.29. The highest BCUT2D eigenvalue weighted by Crippen LogP contribution is 2.21. The van der Waals surface area contributed by atoms with Crippen LogP contribution in [0.3, 0.4) is 0 Å². The van der Waals surface area contributed by atoms with E-state index < -0.39 is 11.9 Å². The van der Waals surface area contributed by atoms with E-state index >= 15 is 0 Å².